The molecular formula is C18H23N3O3. The molecular weight excluding hydrogens is 306 g/mol. The minimum Gasteiger partial charge on any atom is -0.456 e. The molecule has 2 aromatic heterocycles. The second-order valence-electron chi connectivity index (χ2n) is 6.95. The second kappa shape index (κ2) is 6.16. The van der Waals surface area contributed by atoms with Gasteiger partial charge < -0.3 is 9.47 Å². The van der Waals surface area contributed by atoms with Gasteiger partial charge in [-0.15, -0.1) is 0 Å². The van der Waals surface area contributed by atoms with Gasteiger partial charge in [-0.25, -0.2) is 14.5 Å². The lowest BCUT2D eigenvalue weighted by molar-refractivity contribution is -0.0206. The summed E-state index contributed by atoms with van der Waals surface area (Å²) in [4.78, 5) is 16.9. The van der Waals surface area contributed by atoms with Crippen molar-refractivity contribution in [2.75, 3.05) is 7.11 Å². The molecule has 2 aliphatic rings. The molecule has 0 N–H and O–H groups in total. The number of methoxy groups -OCH3 is 1. The van der Waals surface area contributed by atoms with E-state index in [0.29, 0.717) is 17.5 Å². The summed E-state index contributed by atoms with van der Waals surface area (Å²) in [5.41, 5.74) is 1.31. The van der Waals surface area contributed by atoms with Crippen LogP contribution in [0.1, 0.15) is 55.4 Å². The van der Waals surface area contributed by atoms with Crippen LogP contribution in [0.5, 0.6) is 0 Å². The number of nitrogens with zero attached hydrogens (tertiary/aromatic N) is 3. The van der Waals surface area contributed by atoms with Crippen molar-refractivity contribution in [3.05, 3.63) is 24.0 Å². The maximum Gasteiger partial charge on any atom is 0.340 e. The van der Waals surface area contributed by atoms with Crippen LogP contribution in [0.3, 0.4) is 0 Å². The molecule has 0 amide bonds. The Morgan fingerprint density at radius 1 is 1.25 bits per heavy atom. The van der Waals surface area contributed by atoms with Gasteiger partial charge in [0.2, 0.25) is 0 Å². The van der Waals surface area contributed by atoms with Crippen molar-refractivity contribution in [1.82, 2.24) is 14.8 Å². The quantitative estimate of drug-likeness (QED) is 0.789. The number of carbonyl (C=O) groups is 1. The molecule has 3 atom stereocenters. The number of pyridine rings is 1. The fourth-order valence-electron chi connectivity index (χ4n) is 3.63. The zero-order valence-electron chi connectivity index (χ0n) is 14.1. The summed E-state index contributed by atoms with van der Waals surface area (Å²) >= 11 is 0. The molecule has 128 valence electrons. The molecule has 0 aromatic carbocycles. The largest absolute Gasteiger partial charge is 0.456 e. The monoisotopic (exact) mass is 329 g/mol. The first-order valence-corrected chi connectivity index (χ1v) is 8.74. The number of hydrogen-bond acceptors (Lipinski definition) is 5. The van der Waals surface area contributed by atoms with Gasteiger partial charge in [-0.3, -0.25) is 0 Å². The standard InChI is InChI=1S/C18H23N3O3/c1-11(12-6-7-12)21-17-13(10-20-21)8-14(9-19-17)18(22)24-16-5-3-4-15(16)23-2/h8-12,15-16H,3-7H2,1-2H3/t11-,15+,16+/m1/s1. The molecule has 0 saturated heterocycles. The van der Waals surface area contributed by atoms with E-state index in [1.54, 1.807) is 19.5 Å². The van der Waals surface area contributed by atoms with E-state index in [9.17, 15) is 4.79 Å². The fraction of sp³-hybridized carbons (Fsp3) is 0.611. The van der Waals surface area contributed by atoms with Crippen molar-refractivity contribution in [3.63, 3.8) is 0 Å². The average Bonchev–Trinajstić information content (AvgIpc) is 3.21. The molecule has 0 radical (unpaired) electrons. The normalized spacial score (nSPS) is 25.1. The smallest absolute Gasteiger partial charge is 0.340 e. The molecule has 6 nitrogen and oxygen atoms in total. The van der Waals surface area contributed by atoms with Gasteiger partial charge in [0.05, 0.1) is 23.9 Å². The van der Waals surface area contributed by atoms with Gasteiger partial charge in [0, 0.05) is 18.7 Å². The Labute approximate surface area is 141 Å². The fourth-order valence-corrected chi connectivity index (χ4v) is 3.63. The van der Waals surface area contributed by atoms with E-state index in [1.807, 2.05) is 10.7 Å². The summed E-state index contributed by atoms with van der Waals surface area (Å²) in [6, 6.07) is 2.18. The SMILES string of the molecule is CO[C@H]1CCC[C@@H]1OC(=O)c1cnc2c(cnn2[C@H](C)C2CC2)c1. The molecule has 2 aliphatic carbocycles. The second-order valence-corrected chi connectivity index (χ2v) is 6.95. The van der Waals surface area contributed by atoms with E-state index >= 15 is 0 Å². The van der Waals surface area contributed by atoms with Gasteiger partial charge in [-0.05, 0) is 51.0 Å². The molecule has 0 spiro atoms. The van der Waals surface area contributed by atoms with E-state index in [4.69, 9.17) is 9.47 Å². The summed E-state index contributed by atoms with van der Waals surface area (Å²) in [6.07, 6.45) is 8.58. The zero-order valence-corrected chi connectivity index (χ0v) is 14.1. The van der Waals surface area contributed by atoms with Crippen molar-refractivity contribution in [3.8, 4) is 0 Å². The number of fused-ring (bicyclic) bond motifs is 1. The van der Waals surface area contributed by atoms with Crippen LogP contribution in [0.2, 0.25) is 0 Å². The first-order valence-electron chi connectivity index (χ1n) is 8.74. The zero-order chi connectivity index (χ0) is 16.7. The summed E-state index contributed by atoms with van der Waals surface area (Å²) < 4.78 is 13.0. The number of esters is 1. The van der Waals surface area contributed by atoms with Crippen LogP contribution >= 0.6 is 0 Å². The van der Waals surface area contributed by atoms with Gasteiger partial charge in [-0.2, -0.15) is 5.10 Å². The average molecular weight is 329 g/mol. The maximum absolute atomic E-state index is 12.4. The lowest BCUT2D eigenvalue weighted by atomic mass is 10.2. The van der Waals surface area contributed by atoms with Crippen molar-refractivity contribution < 1.29 is 14.3 Å². The molecule has 2 aromatic rings. The van der Waals surface area contributed by atoms with Gasteiger partial charge in [0.15, 0.2) is 5.65 Å². The Morgan fingerprint density at radius 3 is 2.79 bits per heavy atom. The van der Waals surface area contributed by atoms with E-state index in [2.05, 4.69) is 17.0 Å². The highest BCUT2D eigenvalue weighted by Gasteiger charge is 2.32. The number of rotatable bonds is 5. The Morgan fingerprint density at radius 2 is 2.04 bits per heavy atom. The molecule has 0 bridgehead atoms. The minimum absolute atomic E-state index is 0.00721. The molecule has 6 heteroatoms. The van der Waals surface area contributed by atoms with E-state index < -0.39 is 0 Å². The molecule has 2 heterocycles. The highest BCUT2D eigenvalue weighted by atomic mass is 16.6. The Kier molecular flexibility index (Phi) is 4.00. The Balaban J connectivity index is 1.53. The third kappa shape index (κ3) is 2.79. The van der Waals surface area contributed by atoms with Crippen molar-refractivity contribution in [2.24, 2.45) is 5.92 Å². The number of ether oxygens (including phenoxy) is 2. The van der Waals surface area contributed by atoms with Crippen LogP contribution in [0.25, 0.3) is 11.0 Å². The van der Waals surface area contributed by atoms with E-state index in [-0.39, 0.29) is 18.2 Å². The van der Waals surface area contributed by atoms with Gasteiger partial charge >= 0.3 is 5.97 Å². The maximum atomic E-state index is 12.4. The summed E-state index contributed by atoms with van der Waals surface area (Å²) in [5.74, 6) is 0.370. The third-order valence-electron chi connectivity index (χ3n) is 5.31. The topological polar surface area (TPSA) is 66.2 Å². The number of aromatic nitrogens is 3. The predicted octanol–water partition coefficient (Wildman–Crippen LogP) is 3.13. The number of carbonyl (C=O) groups excluding carboxylic acids is 1. The van der Waals surface area contributed by atoms with Crippen LogP contribution in [-0.4, -0.2) is 40.1 Å². The Bertz CT molecular complexity index is 753. The van der Waals surface area contributed by atoms with Gasteiger partial charge in [-0.1, -0.05) is 0 Å². The number of hydrogen-bond donors (Lipinski definition) is 0. The summed E-state index contributed by atoms with van der Waals surface area (Å²) in [6.45, 7) is 2.18. The van der Waals surface area contributed by atoms with Crippen molar-refractivity contribution >= 4 is 17.0 Å². The third-order valence-corrected chi connectivity index (χ3v) is 5.31. The molecule has 0 aliphatic heterocycles. The van der Waals surface area contributed by atoms with Crippen LogP contribution in [0.15, 0.2) is 18.5 Å². The minimum atomic E-state index is -0.332. The molecule has 2 saturated carbocycles. The predicted molar refractivity (Wildman–Crippen MR) is 88.8 cm³/mol. The summed E-state index contributed by atoms with van der Waals surface area (Å²) in [7, 11) is 1.67. The van der Waals surface area contributed by atoms with E-state index in [0.717, 1.165) is 30.3 Å². The lowest BCUT2D eigenvalue weighted by Crippen LogP contribution is -2.27. The lowest BCUT2D eigenvalue weighted by Gasteiger charge is -2.18. The Hall–Kier alpha value is -1.95. The van der Waals surface area contributed by atoms with E-state index in [1.165, 1.54) is 12.8 Å². The first-order chi connectivity index (χ1) is 11.7. The van der Waals surface area contributed by atoms with Crippen molar-refractivity contribution in [2.45, 2.75) is 57.3 Å². The first kappa shape index (κ1) is 15.6. The molecule has 2 fully saturated rings. The van der Waals surface area contributed by atoms with Crippen LogP contribution in [-0.2, 0) is 9.47 Å². The van der Waals surface area contributed by atoms with Gasteiger partial charge in [0.25, 0.3) is 0 Å². The molecule has 4 rings (SSSR count). The van der Waals surface area contributed by atoms with Gasteiger partial charge in [0.1, 0.15) is 6.10 Å². The molecule has 0 unspecified atom stereocenters. The molecule has 24 heavy (non-hydrogen) atoms. The van der Waals surface area contributed by atoms with Crippen LogP contribution < -0.4 is 0 Å². The summed E-state index contributed by atoms with van der Waals surface area (Å²) in [5, 5.41) is 5.35. The highest BCUT2D eigenvalue weighted by molar-refractivity contribution is 5.93. The highest BCUT2D eigenvalue weighted by Crippen LogP contribution is 2.40. The van der Waals surface area contributed by atoms with Crippen LogP contribution in [0, 0.1) is 5.92 Å². The van der Waals surface area contributed by atoms with Crippen molar-refractivity contribution in [1.29, 1.82) is 0 Å². The van der Waals surface area contributed by atoms with Crippen LogP contribution in [0.4, 0.5) is 0 Å².